The summed E-state index contributed by atoms with van der Waals surface area (Å²) in [6.45, 7) is 9.14. The zero-order chi connectivity index (χ0) is 19.2. The zero-order valence-corrected chi connectivity index (χ0v) is 18.2. The van der Waals surface area contributed by atoms with Crippen LogP contribution in [0.1, 0.15) is 39.7 Å². The third-order valence-electron chi connectivity index (χ3n) is 2.87. The summed E-state index contributed by atoms with van der Waals surface area (Å²) >= 11 is 6.81. The minimum Gasteiger partial charge on any atom is -0.483 e. The smallest absolute Gasteiger partial charge is 0.277 e. The molecule has 0 aliphatic rings. The van der Waals surface area contributed by atoms with Gasteiger partial charge < -0.3 is 10.1 Å². The van der Waals surface area contributed by atoms with Crippen LogP contribution in [0.4, 0.5) is 0 Å². The number of ether oxygens (including phenoxy) is 1. The molecule has 0 unspecified atom stereocenters. The van der Waals surface area contributed by atoms with Crippen molar-refractivity contribution in [3.8, 4) is 5.75 Å². The third kappa shape index (κ3) is 8.49. The van der Waals surface area contributed by atoms with Gasteiger partial charge in [-0.2, -0.15) is 5.10 Å². The highest BCUT2D eigenvalue weighted by molar-refractivity contribution is 9.11. The Bertz CT molecular complexity index is 682. The summed E-state index contributed by atoms with van der Waals surface area (Å²) in [7, 11) is 0. The van der Waals surface area contributed by atoms with Gasteiger partial charge in [0.25, 0.3) is 5.91 Å². The molecule has 1 rings (SSSR count). The summed E-state index contributed by atoms with van der Waals surface area (Å²) in [5, 5.41) is 6.75. The van der Waals surface area contributed by atoms with Crippen LogP contribution in [-0.2, 0) is 9.59 Å². The number of rotatable bonds is 6. The minimum atomic E-state index is -0.400. The highest BCUT2D eigenvalue weighted by Gasteiger charge is 2.14. The fraction of sp³-hybridized carbons (Fsp3) is 0.471. The molecule has 1 aromatic rings. The number of nitrogens with one attached hydrogen (secondary N) is 2. The Morgan fingerprint density at radius 2 is 1.80 bits per heavy atom. The Kier molecular flexibility index (Phi) is 8.08. The lowest BCUT2D eigenvalue weighted by Crippen LogP contribution is -2.41. The van der Waals surface area contributed by atoms with E-state index in [1.807, 2.05) is 39.8 Å². The molecule has 0 aromatic heterocycles. The summed E-state index contributed by atoms with van der Waals surface area (Å²) in [5.74, 6) is 0.0256. The van der Waals surface area contributed by atoms with Gasteiger partial charge in [-0.1, -0.05) is 15.9 Å². The number of aryl methyl sites for hydroxylation is 1. The van der Waals surface area contributed by atoms with E-state index in [0.717, 1.165) is 14.5 Å². The fourth-order valence-electron chi connectivity index (χ4n) is 1.81. The van der Waals surface area contributed by atoms with Crippen LogP contribution in [-0.4, -0.2) is 29.7 Å². The fourth-order valence-corrected chi connectivity index (χ4v) is 2.92. The summed E-state index contributed by atoms with van der Waals surface area (Å²) in [6, 6.07) is 3.69. The average Bonchev–Trinajstić information content (AvgIpc) is 2.45. The van der Waals surface area contributed by atoms with Crippen molar-refractivity contribution in [1.82, 2.24) is 10.7 Å². The summed E-state index contributed by atoms with van der Waals surface area (Å²) < 4.78 is 7.18. The van der Waals surface area contributed by atoms with E-state index in [4.69, 9.17) is 4.74 Å². The predicted molar refractivity (Wildman–Crippen MR) is 106 cm³/mol. The van der Waals surface area contributed by atoms with Gasteiger partial charge in [0.15, 0.2) is 6.61 Å². The van der Waals surface area contributed by atoms with Crippen molar-refractivity contribution in [3.05, 3.63) is 26.6 Å². The minimum absolute atomic E-state index is 0.121. The quantitative estimate of drug-likeness (QED) is 0.485. The SMILES string of the molecule is C/C(CC(=O)NC(C)(C)C)=N/NC(=O)COc1cc(C)c(Br)cc1Br. The highest BCUT2D eigenvalue weighted by Crippen LogP contribution is 2.31. The van der Waals surface area contributed by atoms with Gasteiger partial charge in [0, 0.05) is 15.7 Å². The monoisotopic (exact) mass is 475 g/mol. The van der Waals surface area contributed by atoms with Crippen molar-refractivity contribution in [2.24, 2.45) is 5.10 Å². The molecule has 138 valence electrons. The molecule has 1 aromatic carbocycles. The van der Waals surface area contributed by atoms with E-state index in [0.29, 0.717) is 11.5 Å². The Morgan fingerprint density at radius 1 is 1.16 bits per heavy atom. The van der Waals surface area contributed by atoms with Gasteiger partial charge in [-0.05, 0) is 68.2 Å². The number of halogens is 2. The molecule has 2 amide bonds. The molecule has 8 heteroatoms. The molecule has 6 nitrogen and oxygen atoms in total. The van der Waals surface area contributed by atoms with Gasteiger partial charge in [0.05, 0.1) is 10.9 Å². The molecule has 0 fully saturated rings. The number of benzene rings is 1. The van der Waals surface area contributed by atoms with Crippen molar-refractivity contribution in [3.63, 3.8) is 0 Å². The first kappa shape index (κ1) is 21.6. The Balaban J connectivity index is 2.49. The highest BCUT2D eigenvalue weighted by atomic mass is 79.9. The van der Waals surface area contributed by atoms with Gasteiger partial charge in [-0.3, -0.25) is 9.59 Å². The molecule has 0 heterocycles. The van der Waals surface area contributed by atoms with Gasteiger partial charge in [-0.15, -0.1) is 0 Å². The maximum Gasteiger partial charge on any atom is 0.277 e. The van der Waals surface area contributed by atoms with E-state index in [-0.39, 0.29) is 24.5 Å². The molecule has 0 bridgehead atoms. The van der Waals surface area contributed by atoms with Gasteiger partial charge in [0.2, 0.25) is 5.91 Å². The number of carbonyl (C=O) groups excluding carboxylic acids is 2. The molecule has 0 spiro atoms. The van der Waals surface area contributed by atoms with Crippen molar-refractivity contribution in [2.75, 3.05) is 6.61 Å². The Hall–Kier alpha value is -1.41. The molecule has 0 saturated heterocycles. The molecule has 0 radical (unpaired) electrons. The first-order chi connectivity index (χ1) is 11.5. The zero-order valence-electron chi connectivity index (χ0n) is 15.0. The molecule has 25 heavy (non-hydrogen) atoms. The maximum absolute atomic E-state index is 11.8. The molecule has 2 N–H and O–H groups in total. The summed E-state index contributed by atoms with van der Waals surface area (Å²) in [6.07, 6.45) is 0.121. The normalized spacial score (nSPS) is 11.9. The molecule has 0 aliphatic heterocycles. The Labute approximate surface area is 165 Å². The first-order valence-corrected chi connectivity index (χ1v) is 9.28. The largest absolute Gasteiger partial charge is 0.483 e. The molecule has 0 aliphatic carbocycles. The summed E-state index contributed by atoms with van der Waals surface area (Å²) in [4.78, 5) is 23.6. The molecular weight excluding hydrogens is 454 g/mol. The number of hydrogen-bond acceptors (Lipinski definition) is 4. The van der Waals surface area contributed by atoms with E-state index < -0.39 is 5.91 Å². The van der Waals surface area contributed by atoms with Crippen LogP contribution < -0.4 is 15.5 Å². The van der Waals surface area contributed by atoms with Gasteiger partial charge >= 0.3 is 0 Å². The molecular formula is C17H23Br2N3O3. The van der Waals surface area contributed by atoms with E-state index in [1.54, 1.807) is 6.92 Å². The van der Waals surface area contributed by atoms with E-state index >= 15 is 0 Å². The van der Waals surface area contributed by atoms with Crippen molar-refractivity contribution in [2.45, 2.75) is 46.6 Å². The van der Waals surface area contributed by atoms with E-state index in [9.17, 15) is 9.59 Å². The van der Waals surface area contributed by atoms with E-state index in [1.165, 1.54) is 0 Å². The standard InChI is InChI=1S/C17H23Br2N3O3/c1-10-6-14(13(19)8-12(10)18)25-9-16(24)22-21-11(2)7-15(23)20-17(3,4)5/h6,8H,7,9H2,1-5H3,(H,20,23)(H,22,24)/b21-11-. The number of nitrogens with zero attached hydrogens (tertiary/aromatic N) is 1. The van der Waals surface area contributed by atoms with Crippen LogP contribution in [0.2, 0.25) is 0 Å². The van der Waals surface area contributed by atoms with Crippen LogP contribution in [0, 0.1) is 6.92 Å². The van der Waals surface area contributed by atoms with Gasteiger partial charge in [-0.25, -0.2) is 5.43 Å². The van der Waals surface area contributed by atoms with Crippen LogP contribution in [0.3, 0.4) is 0 Å². The van der Waals surface area contributed by atoms with Crippen molar-refractivity contribution in [1.29, 1.82) is 0 Å². The third-order valence-corrected chi connectivity index (χ3v) is 4.35. The van der Waals surface area contributed by atoms with Gasteiger partial charge in [0.1, 0.15) is 5.75 Å². The topological polar surface area (TPSA) is 79.8 Å². The predicted octanol–water partition coefficient (Wildman–Crippen LogP) is 3.70. The second-order valence-corrected chi connectivity index (χ2v) is 8.39. The van der Waals surface area contributed by atoms with Crippen molar-refractivity contribution >= 4 is 49.4 Å². The lowest BCUT2D eigenvalue weighted by molar-refractivity contribution is -0.123. The van der Waals surface area contributed by atoms with Crippen LogP contribution >= 0.6 is 31.9 Å². The van der Waals surface area contributed by atoms with Crippen LogP contribution in [0.15, 0.2) is 26.2 Å². The van der Waals surface area contributed by atoms with Crippen LogP contribution in [0.5, 0.6) is 5.75 Å². The lowest BCUT2D eigenvalue weighted by atomic mass is 10.1. The molecule has 0 saturated carbocycles. The van der Waals surface area contributed by atoms with Crippen LogP contribution in [0.25, 0.3) is 0 Å². The molecule has 0 atom stereocenters. The number of amides is 2. The van der Waals surface area contributed by atoms with E-state index in [2.05, 4.69) is 47.7 Å². The second-order valence-electron chi connectivity index (χ2n) is 6.68. The lowest BCUT2D eigenvalue weighted by Gasteiger charge is -2.20. The Morgan fingerprint density at radius 3 is 2.40 bits per heavy atom. The summed E-state index contributed by atoms with van der Waals surface area (Å²) in [5.41, 5.74) is 3.59. The number of hydrogen-bond donors (Lipinski definition) is 2. The maximum atomic E-state index is 11.8. The average molecular weight is 477 g/mol. The second kappa shape index (κ2) is 9.33. The first-order valence-electron chi connectivity index (χ1n) is 7.69. The van der Waals surface area contributed by atoms with Crippen molar-refractivity contribution < 1.29 is 14.3 Å². The number of carbonyl (C=O) groups is 2. The number of hydrazone groups is 1.